The van der Waals surface area contributed by atoms with Crippen molar-refractivity contribution in [2.45, 2.75) is 70.5 Å². The van der Waals surface area contributed by atoms with Gasteiger partial charge in [0.05, 0.1) is 5.75 Å². The zero-order chi connectivity index (χ0) is 15.5. The summed E-state index contributed by atoms with van der Waals surface area (Å²) in [6, 6.07) is 2.02. The highest BCUT2D eigenvalue weighted by Gasteiger charge is 2.40. The summed E-state index contributed by atoms with van der Waals surface area (Å²) in [6.45, 7) is 4.87. The summed E-state index contributed by atoms with van der Waals surface area (Å²) in [7, 11) is -0.542. The van der Waals surface area contributed by atoms with Crippen LogP contribution in [0.2, 0.25) is 0 Å². The van der Waals surface area contributed by atoms with Crippen molar-refractivity contribution in [1.82, 2.24) is 10.2 Å². The maximum Gasteiger partial charge on any atom is 0.150 e. The number of nitrogens with zero attached hydrogens (tertiary/aromatic N) is 1. The standard InChI is InChI=1S/C16H32N2O2S/c1-4-17-16(7-6-10-21(19,20)5-2)13-11-14-8-9-15(12-13)18(14)3/h13-17H,4-12H2,1-3H3. The summed E-state index contributed by atoms with van der Waals surface area (Å²) in [5.74, 6) is 1.35. The molecule has 1 N–H and O–H groups in total. The van der Waals surface area contributed by atoms with E-state index in [1.54, 1.807) is 6.92 Å². The van der Waals surface area contributed by atoms with E-state index in [1.807, 2.05) is 0 Å². The van der Waals surface area contributed by atoms with E-state index < -0.39 is 9.84 Å². The molecule has 3 atom stereocenters. The topological polar surface area (TPSA) is 49.4 Å². The van der Waals surface area contributed by atoms with Crippen molar-refractivity contribution in [3.63, 3.8) is 0 Å². The van der Waals surface area contributed by atoms with Gasteiger partial charge in [-0.1, -0.05) is 13.8 Å². The van der Waals surface area contributed by atoms with Gasteiger partial charge in [-0.15, -0.1) is 0 Å². The molecule has 2 aliphatic heterocycles. The van der Waals surface area contributed by atoms with E-state index in [4.69, 9.17) is 0 Å². The van der Waals surface area contributed by atoms with E-state index in [0.717, 1.165) is 37.4 Å². The number of hydrogen-bond acceptors (Lipinski definition) is 4. The molecule has 0 saturated carbocycles. The first-order valence-corrected chi connectivity index (χ1v) is 10.4. The van der Waals surface area contributed by atoms with E-state index in [-0.39, 0.29) is 5.75 Å². The average molecular weight is 317 g/mol. The number of sulfone groups is 1. The van der Waals surface area contributed by atoms with Crippen LogP contribution in [0.3, 0.4) is 0 Å². The molecule has 2 bridgehead atoms. The van der Waals surface area contributed by atoms with Gasteiger partial charge in [0, 0.05) is 23.9 Å². The largest absolute Gasteiger partial charge is 0.314 e. The molecule has 21 heavy (non-hydrogen) atoms. The quantitative estimate of drug-likeness (QED) is 0.744. The molecule has 2 fully saturated rings. The molecule has 5 heteroatoms. The van der Waals surface area contributed by atoms with E-state index in [9.17, 15) is 8.42 Å². The Morgan fingerprint density at radius 1 is 1.19 bits per heavy atom. The van der Waals surface area contributed by atoms with Gasteiger partial charge < -0.3 is 10.2 Å². The van der Waals surface area contributed by atoms with Gasteiger partial charge in [-0.2, -0.15) is 0 Å². The molecule has 0 amide bonds. The summed E-state index contributed by atoms with van der Waals surface area (Å²) in [6.07, 6.45) is 7.06. The molecule has 124 valence electrons. The summed E-state index contributed by atoms with van der Waals surface area (Å²) in [5, 5.41) is 3.63. The fraction of sp³-hybridized carbons (Fsp3) is 1.00. The van der Waals surface area contributed by atoms with E-state index in [0.29, 0.717) is 11.8 Å². The third kappa shape index (κ3) is 4.42. The Balaban J connectivity index is 1.87. The second-order valence-corrected chi connectivity index (χ2v) is 9.30. The highest BCUT2D eigenvalue weighted by atomic mass is 32.2. The van der Waals surface area contributed by atoms with Gasteiger partial charge in [-0.25, -0.2) is 8.42 Å². The van der Waals surface area contributed by atoms with Crippen molar-refractivity contribution < 1.29 is 8.42 Å². The lowest BCUT2D eigenvalue weighted by Gasteiger charge is -2.40. The van der Waals surface area contributed by atoms with Crippen LogP contribution >= 0.6 is 0 Å². The first-order valence-electron chi connectivity index (χ1n) is 8.62. The Labute approximate surface area is 130 Å². The minimum Gasteiger partial charge on any atom is -0.314 e. The average Bonchev–Trinajstić information content (AvgIpc) is 2.67. The number of rotatable bonds is 8. The van der Waals surface area contributed by atoms with Crippen LogP contribution in [0.15, 0.2) is 0 Å². The molecule has 2 rings (SSSR count). The smallest absolute Gasteiger partial charge is 0.150 e. The van der Waals surface area contributed by atoms with Crippen molar-refractivity contribution >= 4 is 9.84 Å². The van der Waals surface area contributed by atoms with Crippen LogP contribution in [0, 0.1) is 5.92 Å². The number of nitrogens with one attached hydrogen (secondary N) is 1. The van der Waals surface area contributed by atoms with E-state index in [1.165, 1.54) is 25.7 Å². The Bertz CT molecular complexity index is 410. The van der Waals surface area contributed by atoms with Gasteiger partial charge in [0.15, 0.2) is 0 Å². The summed E-state index contributed by atoms with van der Waals surface area (Å²) in [4.78, 5) is 2.57. The minimum absolute atomic E-state index is 0.275. The first-order chi connectivity index (χ1) is 9.96. The Kier molecular flexibility index (Phi) is 6.09. The molecule has 3 unspecified atom stereocenters. The van der Waals surface area contributed by atoms with Crippen LogP contribution in [-0.4, -0.2) is 56.5 Å². The van der Waals surface area contributed by atoms with Gasteiger partial charge in [-0.05, 0) is 58.0 Å². The lowest BCUT2D eigenvalue weighted by Crippen LogP contribution is -2.47. The molecule has 0 spiro atoms. The molecule has 0 aliphatic carbocycles. The molecule has 0 aromatic carbocycles. The predicted octanol–water partition coefficient (Wildman–Crippen LogP) is 2.05. The lowest BCUT2D eigenvalue weighted by atomic mass is 9.83. The molecular weight excluding hydrogens is 284 g/mol. The molecule has 0 aromatic heterocycles. The van der Waals surface area contributed by atoms with Crippen LogP contribution in [0.25, 0.3) is 0 Å². The molecule has 0 radical (unpaired) electrons. The fourth-order valence-corrected chi connectivity index (χ4v) is 5.11. The summed E-state index contributed by atoms with van der Waals surface area (Å²) >= 11 is 0. The monoisotopic (exact) mass is 316 g/mol. The van der Waals surface area contributed by atoms with E-state index >= 15 is 0 Å². The molecule has 2 saturated heterocycles. The Morgan fingerprint density at radius 2 is 1.81 bits per heavy atom. The minimum atomic E-state index is -2.81. The van der Waals surface area contributed by atoms with Crippen LogP contribution in [0.4, 0.5) is 0 Å². The van der Waals surface area contributed by atoms with Gasteiger partial charge in [0.2, 0.25) is 0 Å². The van der Waals surface area contributed by atoms with Crippen LogP contribution < -0.4 is 5.32 Å². The van der Waals surface area contributed by atoms with Gasteiger partial charge >= 0.3 is 0 Å². The Morgan fingerprint density at radius 3 is 2.33 bits per heavy atom. The molecular formula is C16H32N2O2S. The van der Waals surface area contributed by atoms with Crippen molar-refractivity contribution in [3.8, 4) is 0 Å². The maximum atomic E-state index is 11.6. The third-order valence-corrected chi connectivity index (χ3v) is 7.37. The first kappa shape index (κ1) is 17.2. The van der Waals surface area contributed by atoms with Crippen molar-refractivity contribution in [2.24, 2.45) is 5.92 Å². The lowest BCUT2D eigenvalue weighted by molar-refractivity contribution is 0.110. The molecule has 4 nitrogen and oxygen atoms in total. The second-order valence-electron chi connectivity index (χ2n) is 6.82. The molecule has 2 aliphatic rings. The highest BCUT2D eigenvalue weighted by Crippen LogP contribution is 2.39. The van der Waals surface area contributed by atoms with Crippen LogP contribution in [-0.2, 0) is 9.84 Å². The highest BCUT2D eigenvalue weighted by molar-refractivity contribution is 7.91. The fourth-order valence-electron chi connectivity index (χ4n) is 4.22. The SMILES string of the molecule is CCNC(CCCS(=O)(=O)CC)C1CC2CCC(C1)N2C. The van der Waals surface area contributed by atoms with Crippen molar-refractivity contribution in [1.29, 1.82) is 0 Å². The maximum absolute atomic E-state index is 11.6. The number of fused-ring (bicyclic) bond motifs is 2. The van der Waals surface area contributed by atoms with Crippen LogP contribution in [0.1, 0.15) is 52.4 Å². The van der Waals surface area contributed by atoms with Gasteiger partial charge in [0.1, 0.15) is 9.84 Å². The number of piperidine rings is 1. The summed E-state index contributed by atoms with van der Waals surface area (Å²) < 4.78 is 23.3. The second kappa shape index (κ2) is 7.42. The predicted molar refractivity (Wildman–Crippen MR) is 88.3 cm³/mol. The van der Waals surface area contributed by atoms with Gasteiger partial charge in [0.25, 0.3) is 0 Å². The van der Waals surface area contributed by atoms with Crippen molar-refractivity contribution in [2.75, 3.05) is 25.1 Å². The normalized spacial score (nSPS) is 31.5. The zero-order valence-corrected chi connectivity index (χ0v) is 14.7. The molecule has 2 heterocycles. The van der Waals surface area contributed by atoms with Crippen LogP contribution in [0.5, 0.6) is 0 Å². The van der Waals surface area contributed by atoms with Crippen molar-refractivity contribution in [3.05, 3.63) is 0 Å². The zero-order valence-electron chi connectivity index (χ0n) is 13.8. The number of hydrogen-bond donors (Lipinski definition) is 1. The van der Waals surface area contributed by atoms with E-state index in [2.05, 4.69) is 24.2 Å². The third-order valence-electron chi connectivity index (χ3n) is 5.58. The van der Waals surface area contributed by atoms with Gasteiger partial charge in [-0.3, -0.25) is 0 Å². The Hall–Kier alpha value is -0.130. The summed E-state index contributed by atoms with van der Waals surface area (Å²) in [5.41, 5.74) is 0. The molecule has 0 aromatic rings.